The number of nitrogens with two attached hydrogens (primary N) is 1. The Labute approximate surface area is 135 Å². The average Bonchev–Trinajstić information content (AvgIpc) is 2.91. The summed E-state index contributed by atoms with van der Waals surface area (Å²) in [7, 11) is 0. The molecule has 0 bridgehead atoms. The van der Waals surface area contributed by atoms with Crippen LogP contribution in [0.3, 0.4) is 0 Å². The van der Waals surface area contributed by atoms with Crippen molar-refractivity contribution in [1.29, 1.82) is 0 Å². The number of amides is 1. The summed E-state index contributed by atoms with van der Waals surface area (Å²) in [6.07, 6.45) is 6.79. The molecule has 0 atom stereocenters. The number of likely N-dealkylation sites (tertiary alicyclic amines) is 1. The fourth-order valence-electron chi connectivity index (χ4n) is 3.78. The highest BCUT2D eigenvalue weighted by atomic mass is 32.1. The quantitative estimate of drug-likeness (QED) is 0.691. The van der Waals surface area contributed by atoms with Gasteiger partial charge in [0.1, 0.15) is 0 Å². The second kappa shape index (κ2) is 7.57. The molecule has 1 amide bonds. The second-order valence-corrected chi connectivity index (χ2v) is 7.07. The Morgan fingerprint density at radius 1 is 1.19 bits per heavy atom. The summed E-state index contributed by atoms with van der Waals surface area (Å²) in [4.78, 5) is 15.6. The molecular weight excluding hydrogens is 280 g/mol. The maximum absolute atomic E-state index is 13.2. The highest BCUT2D eigenvalue weighted by molar-refractivity contribution is 7.80. The van der Waals surface area contributed by atoms with Crippen LogP contribution in [0.4, 0.5) is 0 Å². The van der Waals surface area contributed by atoms with Crippen LogP contribution in [0.2, 0.25) is 0 Å². The van der Waals surface area contributed by atoms with Crippen molar-refractivity contribution in [3.8, 4) is 0 Å². The highest BCUT2D eigenvalue weighted by Gasteiger charge is 2.46. The normalized spacial score (nSPS) is 18.0. The standard InChI is InChI=1S/C17H32N2OS/c1-5-9-17(10-6-2,14(18)21)15(20)19-12-11-16(7-3,8-4)13-19/h5-13H2,1-4H3,(H2,18,21). The van der Waals surface area contributed by atoms with Gasteiger partial charge in [-0.1, -0.05) is 52.8 Å². The third-order valence-electron chi connectivity index (χ3n) is 5.46. The van der Waals surface area contributed by atoms with Crippen LogP contribution in [0.1, 0.15) is 72.6 Å². The molecule has 0 aromatic rings. The summed E-state index contributed by atoms with van der Waals surface area (Å²) in [5.74, 6) is 0.183. The van der Waals surface area contributed by atoms with Gasteiger partial charge in [0.05, 0.1) is 10.4 Å². The lowest BCUT2D eigenvalue weighted by molar-refractivity contribution is -0.138. The molecular formula is C17H32N2OS. The van der Waals surface area contributed by atoms with Crippen LogP contribution >= 0.6 is 12.2 Å². The summed E-state index contributed by atoms with van der Waals surface area (Å²) in [5.41, 5.74) is 5.72. The third-order valence-corrected chi connectivity index (χ3v) is 5.85. The van der Waals surface area contributed by atoms with Crippen LogP contribution in [-0.2, 0) is 4.79 Å². The lowest BCUT2D eigenvalue weighted by atomic mass is 9.77. The maximum atomic E-state index is 13.2. The Hall–Kier alpha value is -0.640. The predicted molar refractivity (Wildman–Crippen MR) is 93.2 cm³/mol. The van der Waals surface area contributed by atoms with E-state index in [0.717, 1.165) is 58.0 Å². The fraction of sp³-hybridized carbons (Fsp3) is 0.882. The van der Waals surface area contributed by atoms with E-state index >= 15 is 0 Å². The van der Waals surface area contributed by atoms with Gasteiger partial charge in [0.2, 0.25) is 5.91 Å². The first-order valence-electron chi connectivity index (χ1n) is 8.50. The van der Waals surface area contributed by atoms with Crippen molar-refractivity contribution in [2.45, 2.75) is 72.6 Å². The van der Waals surface area contributed by atoms with E-state index in [1.807, 2.05) is 4.90 Å². The average molecular weight is 313 g/mol. The van der Waals surface area contributed by atoms with Gasteiger partial charge < -0.3 is 10.6 Å². The molecule has 0 radical (unpaired) electrons. The van der Waals surface area contributed by atoms with Gasteiger partial charge >= 0.3 is 0 Å². The van der Waals surface area contributed by atoms with Gasteiger partial charge in [0.15, 0.2) is 0 Å². The molecule has 1 aliphatic heterocycles. The van der Waals surface area contributed by atoms with Gasteiger partial charge in [0, 0.05) is 13.1 Å². The van der Waals surface area contributed by atoms with Gasteiger partial charge in [-0.2, -0.15) is 0 Å². The van der Waals surface area contributed by atoms with E-state index in [1.165, 1.54) is 0 Å². The highest BCUT2D eigenvalue weighted by Crippen LogP contribution is 2.41. The minimum absolute atomic E-state index is 0.183. The molecule has 122 valence electrons. The predicted octanol–water partition coefficient (Wildman–Crippen LogP) is 3.90. The minimum Gasteiger partial charge on any atom is -0.392 e. The minimum atomic E-state index is -0.615. The van der Waals surface area contributed by atoms with Crippen LogP contribution < -0.4 is 5.73 Å². The van der Waals surface area contributed by atoms with E-state index in [4.69, 9.17) is 18.0 Å². The van der Waals surface area contributed by atoms with Crippen molar-refractivity contribution >= 4 is 23.1 Å². The largest absolute Gasteiger partial charge is 0.392 e. The maximum Gasteiger partial charge on any atom is 0.235 e. The zero-order valence-electron chi connectivity index (χ0n) is 14.2. The molecule has 0 aliphatic carbocycles. The number of hydrogen-bond acceptors (Lipinski definition) is 2. The van der Waals surface area contributed by atoms with Crippen LogP contribution in [0.15, 0.2) is 0 Å². The van der Waals surface area contributed by atoms with Crippen LogP contribution in [0.5, 0.6) is 0 Å². The molecule has 1 fully saturated rings. The number of carbonyl (C=O) groups excluding carboxylic acids is 1. The zero-order chi connectivity index (χ0) is 16.1. The molecule has 1 aliphatic rings. The van der Waals surface area contributed by atoms with Crippen LogP contribution in [0, 0.1) is 10.8 Å². The van der Waals surface area contributed by atoms with Crippen LogP contribution in [0.25, 0.3) is 0 Å². The number of nitrogens with zero attached hydrogens (tertiary/aromatic N) is 1. The third kappa shape index (κ3) is 3.58. The molecule has 1 saturated heterocycles. The molecule has 4 heteroatoms. The Kier molecular flexibility index (Phi) is 6.64. The Morgan fingerprint density at radius 2 is 1.71 bits per heavy atom. The molecule has 3 nitrogen and oxygen atoms in total. The lowest BCUT2D eigenvalue weighted by Crippen LogP contribution is -2.50. The molecule has 0 aromatic heterocycles. The van der Waals surface area contributed by atoms with Crippen molar-refractivity contribution in [3.63, 3.8) is 0 Å². The van der Waals surface area contributed by atoms with Crippen molar-refractivity contribution in [2.75, 3.05) is 13.1 Å². The van der Waals surface area contributed by atoms with Gasteiger partial charge in [-0.05, 0) is 37.5 Å². The van der Waals surface area contributed by atoms with E-state index in [2.05, 4.69) is 27.7 Å². The molecule has 0 saturated carbocycles. The summed E-state index contributed by atoms with van der Waals surface area (Å²) < 4.78 is 0. The number of hydrogen-bond donors (Lipinski definition) is 1. The zero-order valence-corrected chi connectivity index (χ0v) is 15.0. The van der Waals surface area contributed by atoms with E-state index in [9.17, 15) is 4.79 Å². The first-order valence-corrected chi connectivity index (χ1v) is 8.91. The summed E-state index contributed by atoms with van der Waals surface area (Å²) >= 11 is 5.32. The SMILES string of the molecule is CCCC(CCC)(C(=O)N1CCC(CC)(CC)C1)C(N)=S. The molecule has 1 rings (SSSR count). The molecule has 1 heterocycles. The molecule has 21 heavy (non-hydrogen) atoms. The summed E-state index contributed by atoms with van der Waals surface area (Å²) in [6, 6.07) is 0. The van der Waals surface area contributed by atoms with E-state index in [-0.39, 0.29) is 5.91 Å². The number of thiocarbonyl (C=S) groups is 1. The first kappa shape index (κ1) is 18.4. The molecule has 0 spiro atoms. The van der Waals surface area contributed by atoms with Gasteiger partial charge in [-0.25, -0.2) is 0 Å². The first-order chi connectivity index (χ1) is 9.91. The molecule has 0 aromatic carbocycles. The smallest absolute Gasteiger partial charge is 0.235 e. The topological polar surface area (TPSA) is 46.3 Å². The van der Waals surface area contributed by atoms with Crippen molar-refractivity contribution in [2.24, 2.45) is 16.6 Å². The number of rotatable bonds is 8. The monoisotopic (exact) mass is 312 g/mol. The summed E-state index contributed by atoms with van der Waals surface area (Å²) in [6.45, 7) is 10.4. The second-order valence-electron chi connectivity index (χ2n) is 6.63. The fourth-order valence-corrected chi connectivity index (χ4v) is 4.07. The van der Waals surface area contributed by atoms with Gasteiger partial charge in [-0.15, -0.1) is 0 Å². The van der Waals surface area contributed by atoms with E-state index < -0.39 is 5.41 Å². The molecule has 2 N–H and O–H groups in total. The Morgan fingerprint density at radius 3 is 2.05 bits per heavy atom. The van der Waals surface area contributed by atoms with Crippen molar-refractivity contribution < 1.29 is 4.79 Å². The van der Waals surface area contributed by atoms with Gasteiger partial charge in [0.25, 0.3) is 0 Å². The van der Waals surface area contributed by atoms with Crippen molar-refractivity contribution in [1.82, 2.24) is 4.90 Å². The van der Waals surface area contributed by atoms with Crippen molar-refractivity contribution in [3.05, 3.63) is 0 Å². The van der Waals surface area contributed by atoms with Crippen LogP contribution in [-0.4, -0.2) is 28.9 Å². The Bertz CT molecular complexity index is 371. The van der Waals surface area contributed by atoms with E-state index in [1.54, 1.807) is 0 Å². The molecule has 0 unspecified atom stereocenters. The van der Waals surface area contributed by atoms with Gasteiger partial charge in [-0.3, -0.25) is 4.79 Å². The van der Waals surface area contributed by atoms with E-state index in [0.29, 0.717) is 10.4 Å². The Balaban J connectivity index is 2.99. The summed E-state index contributed by atoms with van der Waals surface area (Å²) in [5, 5.41) is 0. The lowest BCUT2D eigenvalue weighted by Gasteiger charge is -2.36. The number of carbonyl (C=O) groups is 1.